The van der Waals surface area contributed by atoms with E-state index in [2.05, 4.69) is 91.8 Å². The zero-order valence-electron chi connectivity index (χ0n) is 29.4. The fourth-order valence-electron chi connectivity index (χ4n) is 7.86. The Balaban J connectivity index is 0.922. The molecule has 268 valence electrons. The van der Waals surface area contributed by atoms with Crippen LogP contribution in [0.25, 0.3) is 22.0 Å². The van der Waals surface area contributed by atoms with E-state index in [4.69, 9.17) is 14.3 Å². The van der Waals surface area contributed by atoms with Crippen molar-refractivity contribution in [2.24, 2.45) is 13.0 Å². The van der Waals surface area contributed by atoms with Gasteiger partial charge in [-0.25, -0.2) is 25.1 Å². The van der Waals surface area contributed by atoms with Gasteiger partial charge in [0.15, 0.2) is 6.29 Å². The number of fused-ring (bicyclic) bond motifs is 4. The Bertz CT molecular complexity index is 1990. The minimum atomic E-state index is -0.425. The second kappa shape index (κ2) is 15.1. The van der Waals surface area contributed by atoms with E-state index in [9.17, 15) is 9.59 Å². The van der Waals surface area contributed by atoms with Crippen LogP contribution in [0.1, 0.15) is 65.1 Å². The number of hydrogen-bond acceptors (Lipinski definition) is 8. The summed E-state index contributed by atoms with van der Waals surface area (Å²) in [5.74, 6) is 0.445. The second-order valence-electron chi connectivity index (χ2n) is 14.0. The van der Waals surface area contributed by atoms with E-state index >= 15 is 0 Å². The SMILES string of the molecule is Cn1cc(CN(CC2CCN(c3ncc(C(=O)NOC4CCCCO4)cn3)CC2)C(=O)OCC2c3ccccc3-c3ccccc32)c2ccccc21. The van der Waals surface area contributed by atoms with Crippen molar-refractivity contribution < 1.29 is 23.9 Å². The molecule has 5 aromatic rings. The van der Waals surface area contributed by atoms with E-state index in [0.29, 0.717) is 31.2 Å². The first kappa shape index (κ1) is 33.9. The number of ether oxygens (including phenoxy) is 2. The molecule has 8 rings (SSSR count). The highest BCUT2D eigenvalue weighted by Crippen LogP contribution is 2.44. The molecular weight excluding hydrogens is 656 g/mol. The highest BCUT2D eigenvalue weighted by atomic mass is 16.8. The third-order valence-electron chi connectivity index (χ3n) is 10.6. The van der Waals surface area contributed by atoms with Gasteiger partial charge in [-0.3, -0.25) is 4.79 Å². The molecule has 11 heteroatoms. The predicted octanol–water partition coefficient (Wildman–Crippen LogP) is 6.82. The first-order valence-electron chi connectivity index (χ1n) is 18.3. The van der Waals surface area contributed by atoms with Gasteiger partial charge < -0.3 is 23.8 Å². The van der Waals surface area contributed by atoms with Crippen LogP contribution in [-0.2, 0) is 27.9 Å². The lowest BCUT2D eigenvalue weighted by Crippen LogP contribution is -2.41. The number of anilines is 1. The van der Waals surface area contributed by atoms with E-state index in [0.717, 1.165) is 61.7 Å². The van der Waals surface area contributed by atoms with Crippen molar-refractivity contribution in [3.63, 3.8) is 0 Å². The number of piperidine rings is 1. The third kappa shape index (κ3) is 7.11. The molecule has 2 aromatic heterocycles. The van der Waals surface area contributed by atoms with Gasteiger partial charge in [-0.05, 0) is 65.5 Å². The summed E-state index contributed by atoms with van der Waals surface area (Å²) in [4.78, 5) is 45.1. The number of aromatic nitrogens is 3. The lowest BCUT2D eigenvalue weighted by molar-refractivity contribution is -0.186. The van der Waals surface area contributed by atoms with Crippen LogP contribution in [0, 0.1) is 5.92 Å². The molecule has 1 unspecified atom stereocenters. The Morgan fingerprint density at radius 3 is 2.31 bits per heavy atom. The smallest absolute Gasteiger partial charge is 0.410 e. The molecule has 0 saturated carbocycles. The van der Waals surface area contributed by atoms with Crippen LogP contribution >= 0.6 is 0 Å². The van der Waals surface area contributed by atoms with Gasteiger partial charge in [-0.1, -0.05) is 66.7 Å². The summed E-state index contributed by atoms with van der Waals surface area (Å²) in [6, 6.07) is 25.1. The van der Waals surface area contributed by atoms with Gasteiger partial charge in [0, 0.05) is 75.1 Å². The van der Waals surface area contributed by atoms with E-state index in [-0.39, 0.29) is 24.5 Å². The molecule has 1 atom stereocenters. The number of para-hydroxylation sites is 1. The molecule has 2 fully saturated rings. The van der Waals surface area contributed by atoms with Crippen molar-refractivity contribution in [1.29, 1.82) is 0 Å². The van der Waals surface area contributed by atoms with Gasteiger partial charge in [0.25, 0.3) is 5.91 Å². The number of nitrogens with zero attached hydrogens (tertiary/aromatic N) is 5. The van der Waals surface area contributed by atoms with Crippen molar-refractivity contribution in [3.8, 4) is 11.1 Å². The summed E-state index contributed by atoms with van der Waals surface area (Å²) in [7, 11) is 2.04. The largest absolute Gasteiger partial charge is 0.448 e. The number of hydrogen-bond donors (Lipinski definition) is 1. The van der Waals surface area contributed by atoms with Crippen LogP contribution in [0.4, 0.5) is 10.7 Å². The van der Waals surface area contributed by atoms with Crippen LogP contribution in [-0.4, -0.2) is 70.6 Å². The van der Waals surface area contributed by atoms with Crippen LogP contribution in [0.15, 0.2) is 91.4 Å². The maximum absolute atomic E-state index is 14.1. The van der Waals surface area contributed by atoms with Gasteiger partial charge in [0.05, 0.1) is 12.1 Å². The van der Waals surface area contributed by atoms with Gasteiger partial charge in [-0.2, -0.15) is 0 Å². The minimum absolute atomic E-state index is 0.00473. The van der Waals surface area contributed by atoms with Crippen LogP contribution in [0.5, 0.6) is 0 Å². The second-order valence-corrected chi connectivity index (χ2v) is 14.0. The molecule has 2 aliphatic heterocycles. The molecule has 2 saturated heterocycles. The molecule has 2 amide bonds. The fraction of sp³-hybridized carbons (Fsp3) is 0.366. The van der Waals surface area contributed by atoms with Gasteiger partial charge in [0.1, 0.15) is 6.61 Å². The molecule has 3 aromatic carbocycles. The number of amides is 2. The number of nitrogens with one attached hydrogen (secondary N) is 1. The standard InChI is InChI=1S/C41H44N6O5/c1-45-25-30(31-10-6-7-15-37(31)45)26-47(41(49)51-27-36-34-13-4-2-11-32(34)33-12-3-5-14-35(33)36)24-28-17-19-46(20-18-28)40-42-22-29(23-43-40)39(48)44-52-38-16-8-9-21-50-38/h2-7,10-15,22-23,25,28,36,38H,8-9,16-21,24,26-27H2,1H3,(H,44,48). The number of carbonyl (C=O) groups is 2. The highest BCUT2D eigenvalue weighted by Gasteiger charge is 2.31. The Kier molecular flexibility index (Phi) is 9.86. The normalized spacial score (nSPS) is 17.5. The number of carbonyl (C=O) groups excluding carboxylic acids is 2. The average Bonchev–Trinajstić information content (AvgIpc) is 3.70. The highest BCUT2D eigenvalue weighted by molar-refractivity contribution is 5.92. The van der Waals surface area contributed by atoms with Crippen molar-refractivity contribution in [2.45, 2.75) is 50.9 Å². The molecule has 11 nitrogen and oxygen atoms in total. The predicted molar refractivity (Wildman–Crippen MR) is 198 cm³/mol. The first-order chi connectivity index (χ1) is 25.5. The number of hydroxylamine groups is 1. The van der Waals surface area contributed by atoms with Gasteiger partial charge in [0.2, 0.25) is 5.95 Å². The zero-order valence-corrected chi connectivity index (χ0v) is 29.4. The Hall–Kier alpha value is -5.26. The lowest BCUT2D eigenvalue weighted by atomic mass is 9.96. The molecule has 52 heavy (non-hydrogen) atoms. The summed E-state index contributed by atoms with van der Waals surface area (Å²) in [6.45, 7) is 3.44. The Labute approximate surface area is 303 Å². The van der Waals surface area contributed by atoms with Crippen molar-refractivity contribution >= 4 is 28.9 Å². The average molecular weight is 701 g/mol. The summed E-state index contributed by atoms with van der Waals surface area (Å²) in [5, 5.41) is 1.14. The minimum Gasteiger partial charge on any atom is -0.448 e. The van der Waals surface area contributed by atoms with E-state index < -0.39 is 12.2 Å². The molecule has 0 radical (unpaired) electrons. The molecule has 0 spiro atoms. The summed E-state index contributed by atoms with van der Waals surface area (Å²) in [6.07, 6.45) is 8.93. The van der Waals surface area contributed by atoms with Crippen LogP contribution in [0.2, 0.25) is 0 Å². The van der Waals surface area contributed by atoms with Gasteiger partial charge in [-0.15, -0.1) is 0 Å². The lowest BCUT2D eigenvalue weighted by Gasteiger charge is -2.34. The molecule has 0 bridgehead atoms. The summed E-state index contributed by atoms with van der Waals surface area (Å²) < 4.78 is 13.8. The Morgan fingerprint density at radius 1 is 0.904 bits per heavy atom. The first-order valence-corrected chi connectivity index (χ1v) is 18.3. The summed E-state index contributed by atoms with van der Waals surface area (Å²) >= 11 is 0. The topological polar surface area (TPSA) is 111 Å². The number of rotatable bonds is 10. The van der Waals surface area contributed by atoms with E-state index in [1.807, 2.05) is 24.1 Å². The molecule has 1 N–H and O–H groups in total. The van der Waals surface area contributed by atoms with E-state index in [1.165, 1.54) is 34.6 Å². The number of aryl methyl sites for hydroxylation is 1. The quantitative estimate of drug-likeness (QED) is 0.158. The Morgan fingerprint density at radius 2 is 1.60 bits per heavy atom. The van der Waals surface area contributed by atoms with Crippen LogP contribution in [0.3, 0.4) is 0 Å². The van der Waals surface area contributed by atoms with Crippen molar-refractivity contribution in [2.75, 3.05) is 37.7 Å². The van der Waals surface area contributed by atoms with Crippen molar-refractivity contribution in [1.82, 2.24) is 24.9 Å². The van der Waals surface area contributed by atoms with Crippen molar-refractivity contribution in [3.05, 3.63) is 114 Å². The molecule has 4 heterocycles. The van der Waals surface area contributed by atoms with Crippen LogP contribution < -0.4 is 10.4 Å². The monoisotopic (exact) mass is 700 g/mol. The maximum atomic E-state index is 14.1. The fourth-order valence-corrected chi connectivity index (χ4v) is 7.86. The maximum Gasteiger partial charge on any atom is 0.410 e. The molecular formula is C41H44N6O5. The van der Waals surface area contributed by atoms with E-state index in [1.54, 1.807) is 0 Å². The van der Waals surface area contributed by atoms with Gasteiger partial charge >= 0.3 is 6.09 Å². The number of benzene rings is 3. The zero-order chi connectivity index (χ0) is 35.4. The molecule has 1 aliphatic carbocycles. The third-order valence-corrected chi connectivity index (χ3v) is 10.6. The molecule has 3 aliphatic rings. The summed E-state index contributed by atoms with van der Waals surface area (Å²) in [5.41, 5.74) is 9.82.